The van der Waals surface area contributed by atoms with Crippen LogP contribution in [0.1, 0.15) is 6.42 Å². The Labute approximate surface area is 112 Å². The molecule has 0 aromatic heterocycles. The molecule has 0 saturated carbocycles. The molecule has 2 aliphatic rings. The molecule has 0 radical (unpaired) electrons. The number of carbonyl (C=O) groups excluding carboxylic acids is 2. The number of piperazine rings is 1. The van der Waals surface area contributed by atoms with Gasteiger partial charge in [-0.1, -0.05) is 0 Å². The first kappa shape index (κ1) is 14.0. The highest BCUT2D eigenvalue weighted by atomic mass is 19.1. The molecule has 6 nitrogen and oxygen atoms in total. The van der Waals surface area contributed by atoms with E-state index in [0.717, 1.165) is 0 Å². The number of alkyl halides is 1. The Balaban J connectivity index is 1.83. The zero-order valence-electron chi connectivity index (χ0n) is 11.4. The van der Waals surface area contributed by atoms with Crippen molar-refractivity contribution < 1.29 is 14.0 Å². The lowest BCUT2D eigenvalue weighted by Crippen LogP contribution is -2.55. The third-order valence-corrected chi connectivity index (χ3v) is 3.62. The van der Waals surface area contributed by atoms with Crippen LogP contribution < -0.4 is 5.32 Å². The van der Waals surface area contributed by atoms with E-state index in [0.29, 0.717) is 26.2 Å². The van der Waals surface area contributed by atoms with Gasteiger partial charge in [-0.15, -0.1) is 0 Å². The molecule has 19 heavy (non-hydrogen) atoms. The average molecular weight is 272 g/mol. The predicted molar refractivity (Wildman–Crippen MR) is 68.5 cm³/mol. The Hall–Kier alpha value is -1.37. The van der Waals surface area contributed by atoms with Gasteiger partial charge in [0.25, 0.3) is 0 Å². The van der Waals surface area contributed by atoms with Crippen molar-refractivity contribution in [2.24, 2.45) is 0 Å². The van der Waals surface area contributed by atoms with Crippen molar-refractivity contribution in [1.82, 2.24) is 20.0 Å². The Morgan fingerprint density at radius 3 is 2.21 bits per heavy atom. The lowest BCUT2D eigenvalue weighted by atomic mass is 10.1. The van der Waals surface area contributed by atoms with Crippen LogP contribution in [0.2, 0.25) is 0 Å². The lowest BCUT2D eigenvalue weighted by Gasteiger charge is -2.36. The molecule has 108 valence electrons. The van der Waals surface area contributed by atoms with Gasteiger partial charge in [0.15, 0.2) is 0 Å². The van der Waals surface area contributed by atoms with Crippen LogP contribution in [-0.4, -0.2) is 85.7 Å². The van der Waals surface area contributed by atoms with Gasteiger partial charge in [-0.25, -0.2) is 9.18 Å². The molecule has 2 fully saturated rings. The van der Waals surface area contributed by atoms with Crippen LogP contribution in [0.5, 0.6) is 0 Å². The minimum Gasteiger partial charge on any atom is -0.338 e. The van der Waals surface area contributed by atoms with Gasteiger partial charge >= 0.3 is 6.03 Å². The zero-order chi connectivity index (χ0) is 14.0. The summed E-state index contributed by atoms with van der Waals surface area (Å²) < 4.78 is 13.1. The number of rotatable bonds is 1. The highest BCUT2D eigenvalue weighted by Crippen LogP contribution is 2.14. The standard InChI is InChI=1S/C12H21FN4O2/c1-15(2)12(19)17-5-3-16(4-6-17)11(18)10-7-9(13)8-14-10/h9-10,14H,3-8H2,1-2H3/t9-,10+/m0/s1. The minimum absolute atomic E-state index is 0.0325. The summed E-state index contributed by atoms with van der Waals surface area (Å²) in [6.45, 7) is 2.37. The molecular formula is C12H21FN4O2. The number of urea groups is 1. The second kappa shape index (κ2) is 5.73. The molecule has 2 atom stereocenters. The second-order valence-electron chi connectivity index (χ2n) is 5.28. The van der Waals surface area contributed by atoms with E-state index in [1.54, 1.807) is 23.9 Å². The van der Waals surface area contributed by atoms with Crippen molar-refractivity contribution in [2.45, 2.75) is 18.6 Å². The molecule has 0 aromatic rings. The fourth-order valence-corrected chi connectivity index (χ4v) is 2.50. The van der Waals surface area contributed by atoms with E-state index in [1.165, 1.54) is 4.90 Å². The van der Waals surface area contributed by atoms with Crippen molar-refractivity contribution in [1.29, 1.82) is 0 Å². The Morgan fingerprint density at radius 2 is 1.74 bits per heavy atom. The van der Waals surface area contributed by atoms with Crippen molar-refractivity contribution in [3.63, 3.8) is 0 Å². The second-order valence-corrected chi connectivity index (χ2v) is 5.28. The van der Waals surface area contributed by atoms with E-state index in [2.05, 4.69) is 5.32 Å². The summed E-state index contributed by atoms with van der Waals surface area (Å²) in [5.41, 5.74) is 0. The molecule has 2 saturated heterocycles. The number of amides is 3. The molecule has 7 heteroatoms. The number of halogens is 1. The van der Waals surface area contributed by atoms with Gasteiger partial charge in [0.1, 0.15) is 6.17 Å². The molecule has 2 aliphatic heterocycles. The number of nitrogens with zero attached hydrogens (tertiary/aromatic N) is 3. The van der Waals surface area contributed by atoms with Crippen molar-refractivity contribution in [2.75, 3.05) is 46.8 Å². The molecule has 3 amide bonds. The first-order valence-corrected chi connectivity index (χ1v) is 6.61. The highest BCUT2D eigenvalue weighted by molar-refractivity contribution is 5.82. The summed E-state index contributed by atoms with van der Waals surface area (Å²) in [4.78, 5) is 28.9. The van der Waals surface area contributed by atoms with E-state index in [4.69, 9.17) is 0 Å². The van der Waals surface area contributed by atoms with Crippen LogP contribution in [0.3, 0.4) is 0 Å². The zero-order valence-corrected chi connectivity index (χ0v) is 11.4. The molecule has 0 aliphatic carbocycles. The van der Waals surface area contributed by atoms with Crippen molar-refractivity contribution >= 4 is 11.9 Å². The van der Waals surface area contributed by atoms with Gasteiger partial charge in [0.05, 0.1) is 6.04 Å². The van der Waals surface area contributed by atoms with E-state index < -0.39 is 12.2 Å². The smallest absolute Gasteiger partial charge is 0.319 e. The van der Waals surface area contributed by atoms with Crippen LogP contribution in [0.25, 0.3) is 0 Å². The van der Waals surface area contributed by atoms with Crippen LogP contribution >= 0.6 is 0 Å². The van der Waals surface area contributed by atoms with Crippen molar-refractivity contribution in [3.8, 4) is 0 Å². The van der Waals surface area contributed by atoms with Gasteiger partial charge < -0.3 is 20.0 Å². The first-order chi connectivity index (χ1) is 8.99. The molecule has 0 spiro atoms. The van der Waals surface area contributed by atoms with E-state index in [1.807, 2.05) is 0 Å². The largest absolute Gasteiger partial charge is 0.338 e. The fraction of sp³-hybridized carbons (Fsp3) is 0.833. The van der Waals surface area contributed by atoms with Crippen LogP contribution in [0, 0.1) is 0 Å². The monoisotopic (exact) mass is 272 g/mol. The van der Waals surface area contributed by atoms with Crippen LogP contribution in [0.15, 0.2) is 0 Å². The molecule has 0 bridgehead atoms. The number of carbonyl (C=O) groups is 2. The van der Waals surface area contributed by atoms with Gasteiger partial charge in [0.2, 0.25) is 5.91 Å². The summed E-state index contributed by atoms with van der Waals surface area (Å²) in [6, 6.07) is -0.430. The summed E-state index contributed by atoms with van der Waals surface area (Å²) in [5, 5.41) is 2.90. The van der Waals surface area contributed by atoms with Gasteiger partial charge in [-0.2, -0.15) is 0 Å². The SMILES string of the molecule is CN(C)C(=O)N1CCN(C(=O)[C@H]2C[C@H](F)CN2)CC1. The van der Waals surface area contributed by atoms with Gasteiger partial charge in [-0.05, 0) is 0 Å². The highest BCUT2D eigenvalue weighted by Gasteiger charge is 2.34. The van der Waals surface area contributed by atoms with Crippen LogP contribution in [0.4, 0.5) is 9.18 Å². The molecule has 2 rings (SSSR count). The van der Waals surface area contributed by atoms with E-state index in [9.17, 15) is 14.0 Å². The molecular weight excluding hydrogens is 251 g/mol. The maximum Gasteiger partial charge on any atom is 0.319 e. The maximum atomic E-state index is 13.1. The average Bonchev–Trinajstić information content (AvgIpc) is 2.84. The van der Waals surface area contributed by atoms with Crippen molar-refractivity contribution in [3.05, 3.63) is 0 Å². The third kappa shape index (κ3) is 3.15. The summed E-state index contributed by atoms with van der Waals surface area (Å²) in [7, 11) is 3.42. The Bertz CT molecular complexity index is 356. The number of hydrogen-bond acceptors (Lipinski definition) is 3. The molecule has 1 N–H and O–H groups in total. The molecule has 2 heterocycles. The lowest BCUT2D eigenvalue weighted by molar-refractivity contribution is -0.134. The quantitative estimate of drug-likeness (QED) is 0.701. The van der Waals surface area contributed by atoms with E-state index >= 15 is 0 Å². The minimum atomic E-state index is -0.925. The number of nitrogens with one attached hydrogen (secondary N) is 1. The maximum absolute atomic E-state index is 13.1. The topological polar surface area (TPSA) is 55.9 Å². The Kier molecular flexibility index (Phi) is 4.24. The van der Waals surface area contributed by atoms with Crippen LogP contribution in [-0.2, 0) is 4.79 Å². The fourth-order valence-electron chi connectivity index (χ4n) is 2.50. The summed E-state index contributed by atoms with van der Waals surface area (Å²) >= 11 is 0. The van der Waals surface area contributed by atoms with Gasteiger partial charge in [0, 0.05) is 53.2 Å². The van der Waals surface area contributed by atoms with Gasteiger partial charge in [-0.3, -0.25) is 4.79 Å². The first-order valence-electron chi connectivity index (χ1n) is 6.61. The number of hydrogen-bond donors (Lipinski definition) is 1. The molecule has 0 unspecified atom stereocenters. The summed E-state index contributed by atoms with van der Waals surface area (Å²) in [6.07, 6.45) is -0.666. The summed E-state index contributed by atoms with van der Waals surface area (Å²) in [5.74, 6) is -0.0443. The normalized spacial score (nSPS) is 27.5. The predicted octanol–water partition coefficient (Wildman–Crippen LogP) is -0.488. The molecule has 0 aromatic carbocycles. The third-order valence-electron chi connectivity index (χ3n) is 3.62. The Morgan fingerprint density at radius 1 is 1.16 bits per heavy atom. The van der Waals surface area contributed by atoms with E-state index in [-0.39, 0.29) is 24.9 Å².